The first kappa shape index (κ1) is 32.5. The van der Waals surface area contributed by atoms with Gasteiger partial charge in [0.05, 0.1) is 10.6 Å². The molecule has 2 amide bonds. The predicted octanol–water partition coefficient (Wildman–Crippen LogP) is 6.30. The number of benzene rings is 4. The normalized spacial score (nSPS) is 12.0. The van der Waals surface area contributed by atoms with Crippen LogP contribution in [0.3, 0.4) is 0 Å². The molecule has 0 saturated heterocycles. The Bertz CT molecular complexity index is 1640. The van der Waals surface area contributed by atoms with Gasteiger partial charge in [0.25, 0.3) is 10.0 Å². The van der Waals surface area contributed by atoms with Crippen LogP contribution in [-0.2, 0) is 32.6 Å². The maximum absolute atomic E-state index is 14.4. The van der Waals surface area contributed by atoms with Crippen LogP contribution in [0.25, 0.3) is 0 Å². The molecule has 224 valence electrons. The third kappa shape index (κ3) is 8.81. The van der Waals surface area contributed by atoms with E-state index in [4.69, 9.17) is 11.6 Å². The number of halogens is 2. The minimum absolute atomic E-state index is 0.0499. The number of carbonyl (C=O) groups is 2. The van der Waals surface area contributed by atoms with Crippen LogP contribution >= 0.6 is 34.2 Å². The molecule has 0 unspecified atom stereocenters. The number of nitrogens with zero attached hydrogens (tertiary/aromatic N) is 2. The maximum Gasteiger partial charge on any atom is 0.264 e. The quantitative estimate of drug-likeness (QED) is 0.174. The average molecular weight is 730 g/mol. The van der Waals surface area contributed by atoms with Crippen LogP contribution in [0.5, 0.6) is 0 Å². The Hall–Kier alpha value is -3.41. The number of hydrogen-bond acceptors (Lipinski definition) is 4. The van der Waals surface area contributed by atoms with Crippen molar-refractivity contribution in [1.29, 1.82) is 0 Å². The summed E-state index contributed by atoms with van der Waals surface area (Å²) in [6.45, 7) is 3.24. The summed E-state index contributed by atoms with van der Waals surface area (Å²) < 4.78 is 30.0. The van der Waals surface area contributed by atoms with Gasteiger partial charge in [-0.25, -0.2) is 8.42 Å². The van der Waals surface area contributed by atoms with Gasteiger partial charge in [0.2, 0.25) is 11.8 Å². The maximum atomic E-state index is 14.4. The topological polar surface area (TPSA) is 86.8 Å². The SMILES string of the molecule is CC(C)NC(=O)[C@H](Cc1ccccc1)N(Cc1cccc(Cl)c1)C(=O)CN(c1ccc(I)cc1)S(=O)(=O)c1ccccc1. The molecule has 10 heteroatoms. The number of rotatable bonds is 12. The lowest BCUT2D eigenvalue weighted by Gasteiger charge is -2.34. The van der Waals surface area contributed by atoms with E-state index in [0.29, 0.717) is 16.3 Å². The zero-order chi connectivity index (χ0) is 31.0. The Morgan fingerprint density at radius 1 is 0.837 bits per heavy atom. The van der Waals surface area contributed by atoms with Gasteiger partial charge in [-0.15, -0.1) is 0 Å². The van der Waals surface area contributed by atoms with E-state index < -0.39 is 28.5 Å². The van der Waals surface area contributed by atoms with Crippen molar-refractivity contribution in [1.82, 2.24) is 10.2 Å². The molecule has 0 aliphatic rings. The van der Waals surface area contributed by atoms with Gasteiger partial charge in [-0.2, -0.15) is 0 Å². The molecule has 7 nitrogen and oxygen atoms in total. The highest BCUT2D eigenvalue weighted by molar-refractivity contribution is 14.1. The second-order valence-electron chi connectivity index (χ2n) is 10.3. The van der Waals surface area contributed by atoms with E-state index in [2.05, 4.69) is 27.9 Å². The summed E-state index contributed by atoms with van der Waals surface area (Å²) in [6, 6.07) is 30.3. The van der Waals surface area contributed by atoms with Gasteiger partial charge < -0.3 is 10.2 Å². The fourth-order valence-corrected chi connectivity index (χ4v) is 6.63. The first-order chi connectivity index (χ1) is 20.5. The highest BCUT2D eigenvalue weighted by atomic mass is 127. The number of carbonyl (C=O) groups excluding carboxylic acids is 2. The Labute approximate surface area is 272 Å². The third-order valence-electron chi connectivity index (χ3n) is 6.67. The second kappa shape index (κ2) is 14.9. The van der Waals surface area contributed by atoms with Crippen molar-refractivity contribution < 1.29 is 18.0 Å². The summed E-state index contributed by atoms with van der Waals surface area (Å²) in [5, 5.41) is 3.44. The Balaban J connectivity index is 1.79. The van der Waals surface area contributed by atoms with Gasteiger partial charge in [-0.05, 0) is 96.1 Å². The molecule has 43 heavy (non-hydrogen) atoms. The van der Waals surface area contributed by atoms with Crippen LogP contribution in [0, 0.1) is 3.57 Å². The van der Waals surface area contributed by atoms with Crippen LogP contribution in [0.2, 0.25) is 5.02 Å². The lowest BCUT2D eigenvalue weighted by Crippen LogP contribution is -2.54. The molecule has 0 aliphatic carbocycles. The summed E-state index contributed by atoms with van der Waals surface area (Å²) in [5.74, 6) is -0.862. The predicted molar refractivity (Wildman–Crippen MR) is 179 cm³/mol. The molecule has 4 aromatic rings. The number of amides is 2. The number of hydrogen-bond donors (Lipinski definition) is 1. The van der Waals surface area contributed by atoms with E-state index in [9.17, 15) is 18.0 Å². The average Bonchev–Trinajstić information content (AvgIpc) is 2.98. The van der Waals surface area contributed by atoms with Gasteiger partial charge in [0, 0.05) is 27.6 Å². The number of anilines is 1. The van der Waals surface area contributed by atoms with Crippen LogP contribution in [-0.4, -0.2) is 43.8 Å². The fraction of sp³-hybridized carbons (Fsp3) is 0.212. The zero-order valence-electron chi connectivity index (χ0n) is 23.9. The third-order valence-corrected chi connectivity index (χ3v) is 9.41. The van der Waals surface area contributed by atoms with E-state index >= 15 is 0 Å². The largest absolute Gasteiger partial charge is 0.352 e. The summed E-state index contributed by atoms with van der Waals surface area (Å²) >= 11 is 8.42. The molecule has 0 radical (unpaired) electrons. The van der Waals surface area contributed by atoms with Gasteiger partial charge in [-0.3, -0.25) is 13.9 Å². The van der Waals surface area contributed by atoms with Crippen molar-refractivity contribution in [3.63, 3.8) is 0 Å². The second-order valence-corrected chi connectivity index (χ2v) is 13.9. The van der Waals surface area contributed by atoms with Gasteiger partial charge in [0.1, 0.15) is 12.6 Å². The Kier molecular flexibility index (Phi) is 11.2. The van der Waals surface area contributed by atoms with Crippen LogP contribution in [0.1, 0.15) is 25.0 Å². The van der Waals surface area contributed by atoms with Gasteiger partial charge in [-0.1, -0.05) is 72.3 Å². The van der Waals surface area contributed by atoms with Crippen LogP contribution < -0.4 is 9.62 Å². The Morgan fingerprint density at radius 2 is 1.44 bits per heavy atom. The van der Waals surface area contributed by atoms with E-state index in [-0.39, 0.29) is 29.8 Å². The van der Waals surface area contributed by atoms with Gasteiger partial charge in [0.15, 0.2) is 0 Å². The smallest absolute Gasteiger partial charge is 0.264 e. The van der Waals surface area contributed by atoms with Crippen LogP contribution in [0.4, 0.5) is 5.69 Å². The van der Waals surface area contributed by atoms with Crippen LogP contribution in [0.15, 0.2) is 114 Å². The summed E-state index contributed by atoms with van der Waals surface area (Å²) in [4.78, 5) is 29.6. The number of sulfonamides is 1. The summed E-state index contributed by atoms with van der Waals surface area (Å²) in [5.41, 5.74) is 1.91. The van der Waals surface area contributed by atoms with Gasteiger partial charge >= 0.3 is 0 Å². The molecule has 4 aromatic carbocycles. The van der Waals surface area contributed by atoms with E-state index in [1.807, 2.05) is 50.2 Å². The molecule has 0 saturated carbocycles. The molecule has 4 rings (SSSR count). The highest BCUT2D eigenvalue weighted by Crippen LogP contribution is 2.26. The van der Waals surface area contributed by atoms with Crippen molar-refractivity contribution in [2.24, 2.45) is 0 Å². The highest BCUT2D eigenvalue weighted by Gasteiger charge is 2.34. The summed E-state index contributed by atoms with van der Waals surface area (Å²) in [6.07, 6.45) is 0.237. The van der Waals surface area contributed by atoms with E-state index in [1.165, 1.54) is 17.0 Å². The molecular weight excluding hydrogens is 697 g/mol. The molecule has 0 aromatic heterocycles. The van der Waals surface area contributed by atoms with Crippen molar-refractivity contribution in [3.8, 4) is 0 Å². The summed E-state index contributed by atoms with van der Waals surface area (Å²) in [7, 11) is -4.14. The lowest BCUT2D eigenvalue weighted by atomic mass is 10.0. The lowest BCUT2D eigenvalue weighted by molar-refractivity contribution is -0.140. The van der Waals surface area contributed by atoms with Crippen molar-refractivity contribution in [2.45, 2.75) is 43.8 Å². The molecule has 0 bridgehead atoms. The monoisotopic (exact) mass is 729 g/mol. The first-order valence-corrected chi connectivity index (χ1v) is 16.7. The van der Waals surface area contributed by atoms with Crippen molar-refractivity contribution >= 4 is 61.7 Å². The van der Waals surface area contributed by atoms with E-state index in [1.54, 1.807) is 60.7 Å². The molecule has 1 atom stereocenters. The molecule has 0 aliphatic heterocycles. The van der Waals surface area contributed by atoms with Crippen molar-refractivity contribution in [3.05, 3.63) is 129 Å². The fourth-order valence-electron chi connectivity index (χ4n) is 4.62. The Morgan fingerprint density at radius 3 is 2.05 bits per heavy atom. The molecule has 1 N–H and O–H groups in total. The zero-order valence-corrected chi connectivity index (χ0v) is 27.6. The first-order valence-electron chi connectivity index (χ1n) is 13.8. The molecule has 0 heterocycles. The minimum Gasteiger partial charge on any atom is -0.352 e. The molecular formula is C33H33ClIN3O4S. The molecule has 0 fully saturated rings. The van der Waals surface area contributed by atoms with E-state index in [0.717, 1.165) is 13.4 Å². The standard InChI is InChI=1S/C33H33ClIN3O4S/c1-24(2)36-33(40)31(21-25-10-5-3-6-11-25)37(22-26-12-9-13-27(34)20-26)32(39)23-38(29-18-16-28(35)17-19-29)43(41,42)30-14-7-4-8-15-30/h3-20,24,31H,21-23H2,1-2H3,(H,36,40)/t31-/m0/s1. The number of nitrogens with one attached hydrogen (secondary N) is 1. The molecule has 0 spiro atoms. The minimum atomic E-state index is -4.14. The van der Waals surface area contributed by atoms with Crippen molar-refractivity contribution in [2.75, 3.05) is 10.8 Å².